The van der Waals surface area contributed by atoms with Crippen LogP contribution in [0.4, 0.5) is 0 Å². The number of carboxylic acid groups (broad SMARTS) is 1. The van der Waals surface area contributed by atoms with Crippen LogP contribution in [0.1, 0.15) is 25.3 Å². The second-order valence-corrected chi connectivity index (χ2v) is 4.74. The summed E-state index contributed by atoms with van der Waals surface area (Å²) in [7, 11) is 0. The minimum Gasteiger partial charge on any atom is -0.478 e. The topological polar surface area (TPSA) is 63.6 Å². The van der Waals surface area contributed by atoms with Crippen LogP contribution in [-0.2, 0) is 16.0 Å². The lowest BCUT2D eigenvalue weighted by atomic mass is 10.1. The molecule has 0 bridgehead atoms. The number of ether oxygens (including phenoxy) is 1. The quantitative estimate of drug-likeness (QED) is 0.837. The van der Waals surface area contributed by atoms with Crippen molar-refractivity contribution in [3.63, 3.8) is 0 Å². The van der Waals surface area contributed by atoms with Gasteiger partial charge in [-0.3, -0.25) is 4.79 Å². The monoisotopic (exact) mass is 248 g/mol. The standard InChI is InChI=1S/C14H16O4/c1-9(15)8-10-2-6-12(7-3-10)18-13(14(16)17)11-4-5-11/h2-3,6-7,11,13H,4-5,8H2,1H3,(H,16,17). The van der Waals surface area contributed by atoms with E-state index in [0.29, 0.717) is 12.2 Å². The molecule has 0 heterocycles. The molecule has 1 unspecified atom stereocenters. The average Bonchev–Trinajstić information content (AvgIpc) is 3.10. The van der Waals surface area contributed by atoms with Gasteiger partial charge in [0.2, 0.25) is 0 Å². The Bertz CT molecular complexity index is 445. The molecule has 1 aliphatic carbocycles. The fraction of sp³-hybridized carbons (Fsp3) is 0.429. The highest BCUT2D eigenvalue weighted by Gasteiger charge is 2.38. The van der Waals surface area contributed by atoms with Gasteiger partial charge in [-0.05, 0) is 37.5 Å². The molecule has 0 amide bonds. The third-order valence-electron chi connectivity index (χ3n) is 2.93. The van der Waals surface area contributed by atoms with Gasteiger partial charge in [0.25, 0.3) is 0 Å². The van der Waals surface area contributed by atoms with Crippen molar-refractivity contribution in [1.82, 2.24) is 0 Å². The first kappa shape index (κ1) is 12.6. The molecule has 0 saturated heterocycles. The van der Waals surface area contributed by atoms with Gasteiger partial charge in [0.15, 0.2) is 6.10 Å². The van der Waals surface area contributed by atoms with Crippen molar-refractivity contribution in [3.05, 3.63) is 29.8 Å². The summed E-state index contributed by atoms with van der Waals surface area (Å²) < 4.78 is 5.48. The molecule has 1 aromatic carbocycles. The molecule has 0 radical (unpaired) electrons. The molecule has 4 heteroatoms. The normalized spacial score (nSPS) is 16.1. The number of rotatable bonds is 6. The maximum absolute atomic E-state index is 11.0. The maximum atomic E-state index is 11.0. The lowest BCUT2D eigenvalue weighted by Gasteiger charge is -2.14. The molecule has 1 aromatic rings. The summed E-state index contributed by atoms with van der Waals surface area (Å²) in [5.41, 5.74) is 0.910. The van der Waals surface area contributed by atoms with E-state index in [-0.39, 0.29) is 11.7 Å². The van der Waals surface area contributed by atoms with E-state index in [0.717, 1.165) is 18.4 Å². The summed E-state index contributed by atoms with van der Waals surface area (Å²) in [5, 5.41) is 9.05. The Hall–Kier alpha value is -1.84. The number of carbonyl (C=O) groups excluding carboxylic acids is 1. The van der Waals surface area contributed by atoms with Gasteiger partial charge in [0.1, 0.15) is 11.5 Å². The molecule has 1 fully saturated rings. The Morgan fingerprint density at radius 1 is 1.33 bits per heavy atom. The van der Waals surface area contributed by atoms with Crippen LogP contribution >= 0.6 is 0 Å². The zero-order valence-corrected chi connectivity index (χ0v) is 10.3. The van der Waals surface area contributed by atoms with Crippen LogP contribution in [0.15, 0.2) is 24.3 Å². The van der Waals surface area contributed by atoms with E-state index in [1.807, 2.05) is 0 Å². The number of benzene rings is 1. The molecular weight excluding hydrogens is 232 g/mol. The minimum atomic E-state index is -0.912. The number of Topliss-reactive ketones (excluding diaryl/α,β-unsaturated/α-hetero) is 1. The van der Waals surface area contributed by atoms with Gasteiger partial charge in [-0.15, -0.1) is 0 Å². The Morgan fingerprint density at radius 2 is 1.94 bits per heavy atom. The molecule has 1 saturated carbocycles. The predicted octanol–water partition coefficient (Wildman–Crippen LogP) is 2.06. The Labute approximate surface area is 106 Å². The average molecular weight is 248 g/mol. The van der Waals surface area contributed by atoms with Crippen LogP contribution < -0.4 is 4.74 Å². The molecule has 0 spiro atoms. The van der Waals surface area contributed by atoms with Crippen molar-refractivity contribution in [2.75, 3.05) is 0 Å². The molecule has 1 atom stereocenters. The largest absolute Gasteiger partial charge is 0.478 e. The van der Waals surface area contributed by atoms with Crippen molar-refractivity contribution >= 4 is 11.8 Å². The zero-order valence-electron chi connectivity index (χ0n) is 10.3. The smallest absolute Gasteiger partial charge is 0.345 e. The molecular formula is C14H16O4. The van der Waals surface area contributed by atoms with E-state index in [4.69, 9.17) is 9.84 Å². The first-order chi connectivity index (χ1) is 8.56. The van der Waals surface area contributed by atoms with E-state index in [1.54, 1.807) is 24.3 Å². The summed E-state index contributed by atoms with van der Waals surface area (Å²) in [6.45, 7) is 1.54. The number of carbonyl (C=O) groups is 2. The third-order valence-corrected chi connectivity index (χ3v) is 2.93. The number of hydrogen-bond acceptors (Lipinski definition) is 3. The van der Waals surface area contributed by atoms with E-state index in [1.165, 1.54) is 6.92 Å². The molecule has 1 N–H and O–H groups in total. The van der Waals surface area contributed by atoms with Crippen LogP contribution in [0.2, 0.25) is 0 Å². The Balaban J connectivity index is 2.00. The van der Waals surface area contributed by atoms with E-state index >= 15 is 0 Å². The zero-order chi connectivity index (χ0) is 13.1. The van der Waals surface area contributed by atoms with Crippen LogP contribution in [-0.4, -0.2) is 23.0 Å². The van der Waals surface area contributed by atoms with Gasteiger partial charge in [-0.2, -0.15) is 0 Å². The summed E-state index contributed by atoms with van der Waals surface area (Å²) in [5.74, 6) is -0.128. The van der Waals surface area contributed by atoms with Gasteiger partial charge < -0.3 is 9.84 Å². The van der Waals surface area contributed by atoms with Crippen molar-refractivity contribution in [3.8, 4) is 5.75 Å². The highest BCUT2D eigenvalue weighted by molar-refractivity contribution is 5.78. The Morgan fingerprint density at radius 3 is 2.39 bits per heavy atom. The van der Waals surface area contributed by atoms with Gasteiger partial charge in [-0.1, -0.05) is 12.1 Å². The predicted molar refractivity (Wildman–Crippen MR) is 65.6 cm³/mol. The van der Waals surface area contributed by atoms with Crippen LogP contribution in [0.5, 0.6) is 5.75 Å². The highest BCUT2D eigenvalue weighted by atomic mass is 16.5. The van der Waals surface area contributed by atoms with Crippen molar-refractivity contribution in [2.24, 2.45) is 5.92 Å². The second-order valence-electron chi connectivity index (χ2n) is 4.74. The SMILES string of the molecule is CC(=O)Cc1ccc(OC(C(=O)O)C2CC2)cc1. The van der Waals surface area contributed by atoms with Crippen LogP contribution in [0.3, 0.4) is 0 Å². The molecule has 1 aliphatic rings. The van der Waals surface area contributed by atoms with E-state index < -0.39 is 12.1 Å². The third kappa shape index (κ3) is 3.32. The number of ketones is 1. The lowest BCUT2D eigenvalue weighted by Crippen LogP contribution is -2.29. The van der Waals surface area contributed by atoms with Gasteiger partial charge in [0, 0.05) is 12.3 Å². The molecule has 96 valence electrons. The number of carboxylic acids is 1. The fourth-order valence-electron chi connectivity index (χ4n) is 1.87. The molecule has 0 aliphatic heterocycles. The summed E-state index contributed by atoms with van der Waals surface area (Å²) in [4.78, 5) is 22.0. The van der Waals surface area contributed by atoms with Crippen molar-refractivity contribution in [2.45, 2.75) is 32.3 Å². The molecule has 18 heavy (non-hydrogen) atoms. The molecule has 4 nitrogen and oxygen atoms in total. The van der Waals surface area contributed by atoms with Crippen molar-refractivity contribution in [1.29, 1.82) is 0 Å². The Kier molecular flexibility index (Phi) is 3.65. The number of aliphatic carboxylic acids is 1. The first-order valence-corrected chi connectivity index (χ1v) is 6.04. The van der Waals surface area contributed by atoms with Crippen LogP contribution in [0.25, 0.3) is 0 Å². The van der Waals surface area contributed by atoms with Crippen molar-refractivity contribution < 1.29 is 19.4 Å². The highest BCUT2D eigenvalue weighted by Crippen LogP contribution is 2.35. The van der Waals surface area contributed by atoms with E-state index in [9.17, 15) is 9.59 Å². The van der Waals surface area contributed by atoms with Gasteiger partial charge in [0.05, 0.1) is 0 Å². The molecule has 0 aromatic heterocycles. The maximum Gasteiger partial charge on any atom is 0.345 e. The number of hydrogen-bond donors (Lipinski definition) is 1. The summed E-state index contributed by atoms with van der Waals surface area (Å²) in [6.07, 6.45) is 1.48. The first-order valence-electron chi connectivity index (χ1n) is 6.04. The van der Waals surface area contributed by atoms with Gasteiger partial charge >= 0.3 is 5.97 Å². The van der Waals surface area contributed by atoms with E-state index in [2.05, 4.69) is 0 Å². The fourth-order valence-corrected chi connectivity index (χ4v) is 1.87. The lowest BCUT2D eigenvalue weighted by molar-refractivity contribution is -0.146. The second kappa shape index (κ2) is 5.21. The summed E-state index contributed by atoms with van der Waals surface area (Å²) in [6, 6.07) is 7.03. The summed E-state index contributed by atoms with van der Waals surface area (Å²) >= 11 is 0. The van der Waals surface area contributed by atoms with Crippen LogP contribution in [0, 0.1) is 5.92 Å². The molecule has 2 rings (SSSR count). The minimum absolute atomic E-state index is 0.102. The van der Waals surface area contributed by atoms with Gasteiger partial charge in [-0.25, -0.2) is 4.79 Å².